The fourth-order valence-electron chi connectivity index (χ4n) is 1.57. The highest BCUT2D eigenvalue weighted by atomic mass is 16.5. The van der Waals surface area contributed by atoms with Crippen molar-refractivity contribution in [3.8, 4) is 5.88 Å². The molecule has 78 valence electrons. The van der Waals surface area contributed by atoms with E-state index in [1.807, 2.05) is 31.2 Å². The van der Waals surface area contributed by atoms with Crippen molar-refractivity contribution in [3.05, 3.63) is 35.9 Å². The fourth-order valence-corrected chi connectivity index (χ4v) is 1.57. The van der Waals surface area contributed by atoms with Crippen LogP contribution in [0, 0.1) is 0 Å². The second-order valence-corrected chi connectivity index (χ2v) is 3.23. The predicted octanol–water partition coefficient (Wildman–Crippen LogP) is 2.13. The summed E-state index contributed by atoms with van der Waals surface area (Å²) in [6.07, 6.45) is 0. The van der Waals surface area contributed by atoms with Crippen LogP contribution >= 0.6 is 0 Å². The molecule has 0 aliphatic carbocycles. The number of aromatic nitrogens is 1. The first-order chi connectivity index (χ1) is 7.35. The summed E-state index contributed by atoms with van der Waals surface area (Å²) in [5.41, 5.74) is 1.71. The van der Waals surface area contributed by atoms with E-state index in [4.69, 9.17) is 4.74 Å². The number of nitrogens with zero attached hydrogens (tertiary/aromatic N) is 1. The average molecular weight is 203 g/mol. The Hall–Kier alpha value is -1.61. The number of aliphatic hydroxyl groups is 1. The van der Waals surface area contributed by atoms with Crippen molar-refractivity contribution in [1.82, 2.24) is 4.98 Å². The van der Waals surface area contributed by atoms with Gasteiger partial charge < -0.3 is 9.84 Å². The van der Waals surface area contributed by atoms with Gasteiger partial charge in [-0.3, -0.25) is 0 Å². The smallest absolute Gasteiger partial charge is 0.214 e. The van der Waals surface area contributed by atoms with E-state index < -0.39 is 0 Å². The van der Waals surface area contributed by atoms with Gasteiger partial charge in [-0.25, -0.2) is 4.98 Å². The molecule has 0 aliphatic rings. The van der Waals surface area contributed by atoms with Gasteiger partial charge in [-0.2, -0.15) is 0 Å². The molecule has 0 aliphatic heterocycles. The van der Waals surface area contributed by atoms with Crippen LogP contribution in [0.3, 0.4) is 0 Å². The van der Waals surface area contributed by atoms with E-state index in [0.717, 1.165) is 16.5 Å². The van der Waals surface area contributed by atoms with Gasteiger partial charge in [-0.05, 0) is 18.6 Å². The van der Waals surface area contributed by atoms with E-state index in [0.29, 0.717) is 12.5 Å². The predicted molar refractivity (Wildman–Crippen MR) is 58.8 cm³/mol. The van der Waals surface area contributed by atoms with Crippen LogP contribution < -0.4 is 4.74 Å². The summed E-state index contributed by atoms with van der Waals surface area (Å²) in [4.78, 5) is 4.34. The van der Waals surface area contributed by atoms with Crippen LogP contribution in [-0.4, -0.2) is 16.7 Å². The molecule has 3 heteroatoms. The van der Waals surface area contributed by atoms with Crippen molar-refractivity contribution in [3.63, 3.8) is 0 Å². The Morgan fingerprint density at radius 1 is 1.33 bits per heavy atom. The van der Waals surface area contributed by atoms with Gasteiger partial charge in [0.25, 0.3) is 0 Å². The van der Waals surface area contributed by atoms with E-state index in [-0.39, 0.29) is 6.61 Å². The summed E-state index contributed by atoms with van der Waals surface area (Å²) in [5.74, 6) is 0.570. The number of para-hydroxylation sites is 1. The Balaban J connectivity index is 2.60. The van der Waals surface area contributed by atoms with Crippen LogP contribution in [0.5, 0.6) is 5.88 Å². The van der Waals surface area contributed by atoms with Crippen molar-refractivity contribution in [1.29, 1.82) is 0 Å². The van der Waals surface area contributed by atoms with Crippen LogP contribution in [0.4, 0.5) is 0 Å². The van der Waals surface area contributed by atoms with Crippen LogP contribution in [0.25, 0.3) is 10.9 Å². The molecule has 0 saturated carbocycles. The lowest BCUT2D eigenvalue weighted by Crippen LogP contribution is -1.97. The van der Waals surface area contributed by atoms with Crippen LogP contribution in [0.15, 0.2) is 30.3 Å². The van der Waals surface area contributed by atoms with Gasteiger partial charge >= 0.3 is 0 Å². The number of hydrogen-bond donors (Lipinski definition) is 1. The lowest BCUT2D eigenvalue weighted by Gasteiger charge is -2.07. The molecule has 0 amide bonds. The minimum atomic E-state index is 0.00308. The molecule has 0 bridgehead atoms. The maximum atomic E-state index is 9.24. The van der Waals surface area contributed by atoms with E-state index in [1.54, 1.807) is 6.07 Å². The molecule has 1 N–H and O–H groups in total. The molecule has 15 heavy (non-hydrogen) atoms. The van der Waals surface area contributed by atoms with Gasteiger partial charge in [0.1, 0.15) is 0 Å². The summed E-state index contributed by atoms with van der Waals surface area (Å²) < 4.78 is 5.33. The second-order valence-electron chi connectivity index (χ2n) is 3.23. The molecule has 0 unspecified atom stereocenters. The summed E-state index contributed by atoms with van der Waals surface area (Å²) in [7, 11) is 0. The van der Waals surface area contributed by atoms with Crippen molar-refractivity contribution in [2.24, 2.45) is 0 Å². The van der Waals surface area contributed by atoms with Crippen molar-refractivity contribution < 1.29 is 9.84 Å². The standard InChI is InChI=1S/C12H13NO2/c1-2-15-12-7-9(8-14)10-5-3-4-6-11(10)13-12/h3-7,14H,2,8H2,1H3. The SMILES string of the molecule is CCOc1cc(CO)c2ccccc2n1. The number of ether oxygens (including phenoxy) is 1. The molecule has 1 heterocycles. The highest BCUT2D eigenvalue weighted by Gasteiger charge is 2.04. The monoisotopic (exact) mass is 203 g/mol. The Morgan fingerprint density at radius 2 is 2.13 bits per heavy atom. The Morgan fingerprint density at radius 3 is 2.87 bits per heavy atom. The molecule has 1 aromatic heterocycles. The largest absolute Gasteiger partial charge is 0.478 e. The third-order valence-corrected chi connectivity index (χ3v) is 2.24. The number of aliphatic hydroxyl groups excluding tert-OH is 1. The molecule has 2 rings (SSSR count). The lowest BCUT2D eigenvalue weighted by molar-refractivity contribution is 0.281. The summed E-state index contributed by atoms with van der Waals surface area (Å²) in [6, 6.07) is 9.50. The Kier molecular flexibility index (Phi) is 2.83. The first kappa shape index (κ1) is 9.93. The van der Waals surface area contributed by atoms with Crippen molar-refractivity contribution in [2.75, 3.05) is 6.61 Å². The first-order valence-corrected chi connectivity index (χ1v) is 4.97. The number of rotatable bonds is 3. The van der Waals surface area contributed by atoms with E-state index in [2.05, 4.69) is 4.98 Å². The highest BCUT2D eigenvalue weighted by Crippen LogP contribution is 2.21. The Labute approximate surface area is 88.3 Å². The zero-order chi connectivity index (χ0) is 10.7. The van der Waals surface area contributed by atoms with Crippen LogP contribution in [0.1, 0.15) is 12.5 Å². The molecule has 0 saturated heterocycles. The first-order valence-electron chi connectivity index (χ1n) is 4.97. The van der Waals surface area contributed by atoms with E-state index in [1.165, 1.54) is 0 Å². The summed E-state index contributed by atoms with van der Waals surface area (Å²) in [5, 5.41) is 10.2. The van der Waals surface area contributed by atoms with Gasteiger partial charge in [-0.1, -0.05) is 18.2 Å². The minimum absolute atomic E-state index is 0.00308. The molecule has 0 radical (unpaired) electrons. The lowest BCUT2D eigenvalue weighted by atomic mass is 10.1. The van der Waals surface area contributed by atoms with Crippen LogP contribution in [0.2, 0.25) is 0 Å². The molecule has 1 aromatic carbocycles. The fraction of sp³-hybridized carbons (Fsp3) is 0.250. The third-order valence-electron chi connectivity index (χ3n) is 2.24. The maximum absolute atomic E-state index is 9.24. The van der Waals surface area contributed by atoms with Gasteiger partial charge in [0.15, 0.2) is 0 Å². The second kappa shape index (κ2) is 4.28. The topological polar surface area (TPSA) is 42.4 Å². The molecule has 0 spiro atoms. The highest BCUT2D eigenvalue weighted by molar-refractivity contribution is 5.82. The minimum Gasteiger partial charge on any atom is -0.478 e. The van der Waals surface area contributed by atoms with Gasteiger partial charge in [0, 0.05) is 11.5 Å². The van der Waals surface area contributed by atoms with E-state index >= 15 is 0 Å². The third kappa shape index (κ3) is 1.92. The number of pyridine rings is 1. The van der Waals surface area contributed by atoms with Gasteiger partial charge in [0.05, 0.1) is 18.7 Å². The molecule has 3 nitrogen and oxygen atoms in total. The molecule has 0 fully saturated rings. The average Bonchev–Trinajstić information content (AvgIpc) is 2.28. The Bertz CT molecular complexity index is 468. The number of hydrogen-bond acceptors (Lipinski definition) is 3. The summed E-state index contributed by atoms with van der Waals surface area (Å²) in [6.45, 7) is 2.49. The molecular weight excluding hydrogens is 190 g/mol. The maximum Gasteiger partial charge on any atom is 0.214 e. The van der Waals surface area contributed by atoms with E-state index in [9.17, 15) is 5.11 Å². The van der Waals surface area contributed by atoms with Crippen molar-refractivity contribution >= 4 is 10.9 Å². The normalized spacial score (nSPS) is 10.5. The molecule has 2 aromatic rings. The zero-order valence-electron chi connectivity index (χ0n) is 8.60. The van der Waals surface area contributed by atoms with Crippen LogP contribution in [-0.2, 0) is 6.61 Å². The summed E-state index contributed by atoms with van der Waals surface area (Å²) >= 11 is 0. The molecular formula is C12H13NO2. The quantitative estimate of drug-likeness (QED) is 0.830. The van der Waals surface area contributed by atoms with Gasteiger partial charge in [-0.15, -0.1) is 0 Å². The molecule has 0 atom stereocenters. The number of benzene rings is 1. The van der Waals surface area contributed by atoms with Crippen molar-refractivity contribution in [2.45, 2.75) is 13.5 Å². The number of fused-ring (bicyclic) bond motifs is 1. The zero-order valence-corrected chi connectivity index (χ0v) is 8.60. The van der Waals surface area contributed by atoms with Gasteiger partial charge in [0.2, 0.25) is 5.88 Å².